The highest BCUT2D eigenvalue weighted by Crippen LogP contribution is 2.22. The van der Waals surface area contributed by atoms with Gasteiger partial charge in [0.1, 0.15) is 5.75 Å². The molecular weight excluding hydrogens is 288 g/mol. The highest BCUT2D eigenvalue weighted by atomic mass is 79.9. The maximum absolute atomic E-state index is 5.26. The Morgan fingerprint density at radius 1 is 1.62 bits per heavy atom. The lowest BCUT2D eigenvalue weighted by Gasteiger charge is -2.04. The number of rotatable bonds is 3. The quantitative estimate of drug-likeness (QED) is 0.877. The molecule has 0 amide bonds. The lowest BCUT2D eigenvalue weighted by molar-refractivity contribution is 0.415. The number of hydrogen-bond acceptors (Lipinski definition) is 2. The van der Waals surface area contributed by atoms with E-state index < -0.39 is 0 Å². The minimum absolute atomic E-state index is 0.645. The molecule has 1 N–H and O–H groups in total. The van der Waals surface area contributed by atoms with Crippen LogP contribution in [0.2, 0.25) is 0 Å². The molecule has 1 aromatic carbocycles. The number of nitrogens with one attached hydrogen (secondary N) is 1. The van der Waals surface area contributed by atoms with E-state index in [4.69, 9.17) is 17.0 Å². The molecule has 1 heterocycles. The summed E-state index contributed by atoms with van der Waals surface area (Å²) in [5.74, 6) is 0.815. The number of nitrogens with zero attached hydrogens (tertiary/aromatic N) is 1. The van der Waals surface area contributed by atoms with Crippen LogP contribution in [0.4, 0.5) is 0 Å². The third-order valence-corrected chi connectivity index (χ3v) is 2.89. The smallest absolute Gasteiger partial charge is 0.178 e. The molecule has 1 aromatic heterocycles. The number of aromatic nitrogens is 2. The average molecular weight is 299 g/mol. The van der Waals surface area contributed by atoms with Gasteiger partial charge in [0.15, 0.2) is 4.77 Å². The van der Waals surface area contributed by atoms with E-state index in [1.807, 2.05) is 22.8 Å². The first-order valence-corrected chi connectivity index (χ1v) is 5.92. The van der Waals surface area contributed by atoms with E-state index in [9.17, 15) is 0 Å². The van der Waals surface area contributed by atoms with E-state index in [2.05, 4.69) is 27.5 Å². The van der Waals surface area contributed by atoms with Crippen molar-refractivity contribution < 1.29 is 4.74 Å². The molecule has 0 saturated carbocycles. The molecule has 0 spiro atoms. The number of aromatic amines is 1. The van der Waals surface area contributed by atoms with Crippen LogP contribution in [0.15, 0.2) is 29.3 Å². The molecule has 0 unspecified atom stereocenters. The van der Waals surface area contributed by atoms with Crippen molar-refractivity contribution in [3.05, 3.63) is 34.0 Å². The second-order valence-electron chi connectivity index (χ2n) is 3.42. The average Bonchev–Trinajstić information content (AvgIpc) is 2.54. The van der Waals surface area contributed by atoms with Gasteiger partial charge in [-0.1, -0.05) is 22.5 Å². The number of hydrogen-bond donors (Lipinski definition) is 1. The largest absolute Gasteiger partial charge is 0.497 e. The van der Waals surface area contributed by atoms with Crippen molar-refractivity contribution >= 4 is 39.2 Å². The summed E-state index contributed by atoms with van der Waals surface area (Å²) in [4.78, 5) is 3.14. The Morgan fingerprint density at radius 3 is 3.00 bits per heavy atom. The predicted octanol–water partition coefficient (Wildman–Crippen LogP) is 3.62. The van der Waals surface area contributed by atoms with Crippen molar-refractivity contribution in [1.82, 2.24) is 9.55 Å². The fraction of sp³-hybridized carbons (Fsp3) is 0.182. The number of ether oxygens (including phenoxy) is 1. The van der Waals surface area contributed by atoms with E-state index in [1.165, 1.54) is 0 Å². The number of methoxy groups -OCH3 is 1. The maximum Gasteiger partial charge on any atom is 0.178 e. The van der Waals surface area contributed by atoms with Gasteiger partial charge >= 0.3 is 0 Å². The van der Waals surface area contributed by atoms with Crippen molar-refractivity contribution in [2.24, 2.45) is 0 Å². The molecule has 0 saturated heterocycles. The molecule has 0 aliphatic heterocycles. The summed E-state index contributed by atoms with van der Waals surface area (Å²) in [5.41, 5.74) is 2.02. The van der Waals surface area contributed by atoms with Crippen molar-refractivity contribution in [2.75, 3.05) is 7.11 Å². The molecule has 0 aliphatic rings. The third-order valence-electron chi connectivity index (χ3n) is 2.31. The SMILES string of the molecule is C=C(Br)Cn1c(=S)[nH]c2ccc(OC)cc21. The van der Waals surface area contributed by atoms with Crippen LogP contribution in [-0.2, 0) is 6.54 Å². The Hall–Kier alpha value is -1.07. The fourth-order valence-corrected chi connectivity index (χ4v) is 2.11. The standard InChI is InChI=1S/C11H11BrN2OS/c1-7(12)6-14-10-5-8(15-2)3-4-9(10)13-11(14)16/h3-5H,1,6H2,2H3,(H,13,16). The van der Waals surface area contributed by atoms with Crippen LogP contribution in [0.5, 0.6) is 5.75 Å². The van der Waals surface area contributed by atoms with Gasteiger partial charge < -0.3 is 14.3 Å². The number of halogens is 1. The summed E-state index contributed by atoms with van der Waals surface area (Å²) in [7, 11) is 1.65. The van der Waals surface area contributed by atoms with Crippen molar-refractivity contribution in [1.29, 1.82) is 0 Å². The molecule has 0 fully saturated rings. The van der Waals surface area contributed by atoms with E-state index in [0.717, 1.165) is 21.3 Å². The molecule has 16 heavy (non-hydrogen) atoms. The number of H-pyrrole nitrogens is 1. The van der Waals surface area contributed by atoms with E-state index >= 15 is 0 Å². The molecule has 0 aliphatic carbocycles. The molecule has 84 valence electrons. The molecular formula is C11H11BrN2OS. The second kappa shape index (κ2) is 4.43. The summed E-state index contributed by atoms with van der Waals surface area (Å²) in [6.45, 7) is 4.47. The van der Waals surface area contributed by atoms with Gasteiger partial charge in [-0.05, 0) is 24.4 Å². The Balaban J connectivity index is 2.65. The third kappa shape index (κ3) is 2.05. The summed E-state index contributed by atoms with van der Waals surface area (Å²) < 4.78 is 8.74. The van der Waals surface area contributed by atoms with Gasteiger partial charge in [0, 0.05) is 10.5 Å². The topological polar surface area (TPSA) is 29.9 Å². The maximum atomic E-state index is 5.26. The zero-order chi connectivity index (χ0) is 11.7. The highest BCUT2D eigenvalue weighted by Gasteiger charge is 2.05. The Kier molecular flexibility index (Phi) is 3.16. The van der Waals surface area contributed by atoms with Gasteiger partial charge in [0.25, 0.3) is 0 Å². The monoisotopic (exact) mass is 298 g/mol. The van der Waals surface area contributed by atoms with Crippen LogP contribution in [0.1, 0.15) is 0 Å². The van der Waals surface area contributed by atoms with Gasteiger partial charge in [-0.15, -0.1) is 0 Å². The fourth-order valence-electron chi connectivity index (χ4n) is 1.59. The summed E-state index contributed by atoms with van der Waals surface area (Å²) in [5, 5.41) is 0. The van der Waals surface area contributed by atoms with Crippen LogP contribution < -0.4 is 4.74 Å². The lowest BCUT2D eigenvalue weighted by atomic mass is 10.3. The molecule has 2 rings (SSSR count). The zero-order valence-corrected chi connectivity index (χ0v) is 11.2. The van der Waals surface area contributed by atoms with Crippen LogP contribution in [0.25, 0.3) is 11.0 Å². The van der Waals surface area contributed by atoms with Crippen LogP contribution in [0.3, 0.4) is 0 Å². The van der Waals surface area contributed by atoms with Crippen molar-refractivity contribution in [2.45, 2.75) is 6.54 Å². The highest BCUT2D eigenvalue weighted by molar-refractivity contribution is 9.11. The van der Waals surface area contributed by atoms with Gasteiger partial charge in [0.2, 0.25) is 0 Å². The molecule has 0 bridgehead atoms. The van der Waals surface area contributed by atoms with E-state index in [-0.39, 0.29) is 0 Å². The summed E-state index contributed by atoms with van der Waals surface area (Å²) in [6.07, 6.45) is 0. The van der Waals surface area contributed by atoms with Gasteiger partial charge in [-0.2, -0.15) is 0 Å². The molecule has 5 heteroatoms. The Morgan fingerprint density at radius 2 is 2.38 bits per heavy atom. The normalized spacial score (nSPS) is 10.6. The second-order valence-corrected chi connectivity index (χ2v) is 4.92. The summed E-state index contributed by atoms with van der Waals surface area (Å²) >= 11 is 8.60. The number of allylic oxidation sites excluding steroid dienone is 1. The Labute approximate surface area is 107 Å². The lowest BCUT2D eigenvalue weighted by Crippen LogP contribution is -1.97. The van der Waals surface area contributed by atoms with Gasteiger partial charge in [-0.25, -0.2) is 0 Å². The van der Waals surface area contributed by atoms with E-state index in [0.29, 0.717) is 11.3 Å². The van der Waals surface area contributed by atoms with Crippen molar-refractivity contribution in [3.63, 3.8) is 0 Å². The number of fused-ring (bicyclic) bond motifs is 1. The van der Waals surface area contributed by atoms with Gasteiger partial charge in [0.05, 0.1) is 24.7 Å². The van der Waals surface area contributed by atoms with Crippen LogP contribution >= 0.6 is 28.1 Å². The minimum atomic E-state index is 0.645. The number of imidazole rings is 1. The van der Waals surface area contributed by atoms with Crippen LogP contribution in [0, 0.1) is 4.77 Å². The van der Waals surface area contributed by atoms with E-state index in [1.54, 1.807) is 7.11 Å². The first-order valence-electron chi connectivity index (χ1n) is 4.71. The molecule has 2 aromatic rings. The molecule has 0 atom stereocenters. The predicted molar refractivity (Wildman–Crippen MR) is 71.7 cm³/mol. The zero-order valence-electron chi connectivity index (χ0n) is 8.79. The summed E-state index contributed by atoms with van der Waals surface area (Å²) in [6, 6.07) is 5.82. The first kappa shape index (κ1) is 11.4. The number of benzene rings is 1. The minimum Gasteiger partial charge on any atom is -0.497 e. The van der Waals surface area contributed by atoms with Gasteiger partial charge in [-0.3, -0.25) is 0 Å². The van der Waals surface area contributed by atoms with Crippen molar-refractivity contribution in [3.8, 4) is 5.75 Å². The first-order chi connectivity index (χ1) is 7.61. The molecule has 0 radical (unpaired) electrons. The Bertz CT molecular complexity index is 600. The molecule has 3 nitrogen and oxygen atoms in total. The van der Waals surface area contributed by atoms with Crippen LogP contribution in [-0.4, -0.2) is 16.7 Å².